The van der Waals surface area contributed by atoms with Crippen LogP contribution in [0.4, 0.5) is 20.4 Å². The number of amides is 1. The standard InChI is InChI=1S/C24H26F2N4O4S/c1-5-18(25)11-21-15(2)19-12-22(27-13-20(19)26)28-23-9-17(14-35(4,32)30-16(3)31)10-24(29-23)34-8-6-7-33-21/h5,9-13H,1,6-8,14H2,2-4H3,(H,27,28,29)/b18-11+,21-15-. The lowest BCUT2D eigenvalue weighted by Gasteiger charge is -2.16. The van der Waals surface area contributed by atoms with E-state index in [0.29, 0.717) is 23.4 Å². The van der Waals surface area contributed by atoms with E-state index in [2.05, 4.69) is 26.2 Å². The molecule has 3 rings (SSSR count). The predicted octanol–water partition coefficient (Wildman–Crippen LogP) is 5.07. The first-order chi connectivity index (χ1) is 16.6. The first-order valence-corrected chi connectivity index (χ1v) is 12.8. The first kappa shape index (κ1) is 26.0. The molecular formula is C24H26F2N4O4S. The van der Waals surface area contributed by atoms with Crippen molar-refractivity contribution < 1.29 is 27.3 Å². The fourth-order valence-electron chi connectivity index (χ4n) is 3.31. The van der Waals surface area contributed by atoms with E-state index in [9.17, 15) is 17.8 Å². The monoisotopic (exact) mass is 504 g/mol. The molecule has 0 aliphatic carbocycles. The molecule has 0 saturated carbocycles. The fourth-order valence-corrected chi connectivity index (χ4v) is 4.71. The van der Waals surface area contributed by atoms with Gasteiger partial charge in [-0.3, -0.25) is 4.79 Å². The number of ether oxygens (including phenoxy) is 2. The number of anilines is 2. The number of halogens is 2. The van der Waals surface area contributed by atoms with Gasteiger partial charge in [0.2, 0.25) is 5.88 Å². The van der Waals surface area contributed by atoms with E-state index in [4.69, 9.17) is 9.47 Å². The number of fused-ring (bicyclic) bond motifs is 4. The highest BCUT2D eigenvalue weighted by atomic mass is 32.2. The quantitative estimate of drug-likeness (QED) is 0.580. The largest absolute Gasteiger partial charge is 0.493 e. The molecule has 1 aliphatic rings. The number of nitrogens with zero attached hydrogens (tertiary/aromatic N) is 3. The molecular weight excluding hydrogens is 478 g/mol. The van der Waals surface area contributed by atoms with Gasteiger partial charge in [0.15, 0.2) is 0 Å². The lowest BCUT2D eigenvalue weighted by molar-refractivity contribution is -0.115. The van der Waals surface area contributed by atoms with Crippen molar-refractivity contribution in [2.75, 3.05) is 24.8 Å². The summed E-state index contributed by atoms with van der Waals surface area (Å²) in [6, 6.07) is 4.68. The molecule has 2 aromatic heterocycles. The van der Waals surface area contributed by atoms with Crippen LogP contribution >= 0.6 is 0 Å². The number of hydrogen-bond acceptors (Lipinski definition) is 7. The second kappa shape index (κ2) is 11.2. The van der Waals surface area contributed by atoms with Crippen LogP contribution in [0.3, 0.4) is 0 Å². The molecule has 2 aromatic rings. The SMILES string of the molecule is C=C/C(F)=C\C1=C(/C)c2cc(ncc2F)Nc2cc(CS(C)(=O)=NC(C)=O)cc(n2)OCCCO1. The summed E-state index contributed by atoms with van der Waals surface area (Å²) < 4.78 is 56.5. The minimum atomic E-state index is -2.82. The van der Waals surface area contributed by atoms with Crippen molar-refractivity contribution in [2.24, 2.45) is 4.36 Å². The zero-order chi connectivity index (χ0) is 25.6. The van der Waals surface area contributed by atoms with E-state index in [1.165, 1.54) is 19.2 Å². The van der Waals surface area contributed by atoms with Gasteiger partial charge in [-0.15, -0.1) is 0 Å². The van der Waals surface area contributed by atoms with Gasteiger partial charge in [0.05, 0.1) is 34.9 Å². The molecule has 1 N–H and O–H groups in total. The summed E-state index contributed by atoms with van der Waals surface area (Å²) in [4.78, 5) is 19.8. The van der Waals surface area contributed by atoms with E-state index >= 15 is 0 Å². The molecule has 0 spiro atoms. The lowest BCUT2D eigenvalue weighted by Crippen LogP contribution is -2.09. The first-order valence-electron chi connectivity index (χ1n) is 10.7. The Kier molecular flexibility index (Phi) is 8.34. The summed E-state index contributed by atoms with van der Waals surface area (Å²) in [6.07, 6.45) is 5.03. The molecule has 0 aromatic carbocycles. The van der Waals surface area contributed by atoms with Crippen molar-refractivity contribution in [1.29, 1.82) is 0 Å². The van der Waals surface area contributed by atoms with Crippen molar-refractivity contribution in [3.8, 4) is 5.88 Å². The summed E-state index contributed by atoms with van der Waals surface area (Å²) >= 11 is 0. The van der Waals surface area contributed by atoms with Gasteiger partial charge in [-0.2, -0.15) is 9.35 Å². The Balaban J connectivity index is 2.08. The molecule has 1 amide bonds. The maximum absolute atomic E-state index is 14.7. The molecule has 3 heterocycles. The number of carbonyl (C=O) groups is 1. The summed E-state index contributed by atoms with van der Waals surface area (Å²) in [5.41, 5.74) is 1.10. The van der Waals surface area contributed by atoms with Crippen LogP contribution in [-0.2, 0) is 25.0 Å². The van der Waals surface area contributed by atoms with Crippen LogP contribution in [0, 0.1) is 5.82 Å². The molecule has 1 atom stereocenters. The highest BCUT2D eigenvalue weighted by Gasteiger charge is 2.15. The van der Waals surface area contributed by atoms with Gasteiger partial charge in [0, 0.05) is 42.9 Å². The van der Waals surface area contributed by atoms with Gasteiger partial charge in [0.1, 0.15) is 29.0 Å². The Labute approximate surface area is 203 Å². The fraction of sp³-hybridized carbons (Fsp3) is 0.292. The predicted molar refractivity (Wildman–Crippen MR) is 131 cm³/mol. The Bertz CT molecular complexity index is 1330. The summed E-state index contributed by atoms with van der Waals surface area (Å²) in [7, 11) is -2.82. The molecule has 1 unspecified atom stereocenters. The number of aromatic nitrogens is 2. The van der Waals surface area contributed by atoms with Gasteiger partial charge < -0.3 is 14.8 Å². The van der Waals surface area contributed by atoms with Crippen molar-refractivity contribution in [3.63, 3.8) is 0 Å². The Hall–Kier alpha value is -3.60. The highest BCUT2D eigenvalue weighted by Crippen LogP contribution is 2.28. The van der Waals surface area contributed by atoms with E-state index in [1.807, 2.05) is 0 Å². The van der Waals surface area contributed by atoms with Gasteiger partial charge in [-0.05, 0) is 30.7 Å². The van der Waals surface area contributed by atoms with Crippen molar-refractivity contribution in [1.82, 2.24) is 9.97 Å². The van der Waals surface area contributed by atoms with Gasteiger partial charge in [-0.25, -0.2) is 18.0 Å². The molecule has 8 nitrogen and oxygen atoms in total. The third-order valence-electron chi connectivity index (χ3n) is 4.76. The van der Waals surface area contributed by atoms with Crippen LogP contribution in [-0.4, -0.2) is 39.6 Å². The number of nitrogens with one attached hydrogen (secondary N) is 1. The maximum atomic E-state index is 14.7. The molecule has 4 bridgehead atoms. The van der Waals surface area contributed by atoms with E-state index in [1.54, 1.807) is 19.1 Å². The van der Waals surface area contributed by atoms with E-state index < -0.39 is 27.3 Å². The average Bonchev–Trinajstić information content (AvgIpc) is 2.76. The summed E-state index contributed by atoms with van der Waals surface area (Å²) in [5, 5.41) is 2.99. The number of allylic oxidation sites excluding steroid dienone is 4. The molecule has 186 valence electrons. The Morgan fingerprint density at radius 3 is 2.74 bits per heavy atom. The lowest BCUT2D eigenvalue weighted by atomic mass is 10.1. The molecule has 0 fully saturated rings. The van der Waals surface area contributed by atoms with Crippen LogP contribution in [0.2, 0.25) is 0 Å². The molecule has 1 aliphatic heterocycles. The Morgan fingerprint density at radius 2 is 2.03 bits per heavy atom. The summed E-state index contributed by atoms with van der Waals surface area (Å²) in [5.74, 6) is -0.799. The second-order valence-electron chi connectivity index (χ2n) is 7.86. The van der Waals surface area contributed by atoms with Crippen molar-refractivity contribution in [2.45, 2.75) is 26.0 Å². The van der Waals surface area contributed by atoms with Crippen LogP contribution < -0.4 is 10.1 Å². The van der Waals surface area contributed by atoms with Gasteiger partial charge in [-0.1, -0.05) is 6.58 Å². The van der Waals surface area contributed by atoms with E-state index in [0.717, 1.165) is 18.3 Å². The minimum absolute atomic E-state index is 0.00223. The number of pyridine rings is 2. The highest BCUT2D eigenvalue weighted by molar-refractivity contribution is 7.92. The van der Waals surface area contributed by atoms with Crippen LogP contribution in [0.15, 0.2) is 59.1 Å². The molecule has 35 heavy (non-hydrogen) atoms. The number of carbonyl (C=O) groups excluding carboxylic acids is 1. The molecule has 0 saturated heterocycles. The third-order valence-corrected chi connectivity index (χ3v) is 6.28. The summed E-state index contributed by atoms with van der Waals surface area (Å²) in [6.45, 7) is 6.62. The number of hydrogen-bond donors (Lipinski definition) is 1. The van der Waals surface area contributed by atoms with Crippen LogP contribution in [0.1, 0.15) is 31.4 Å². The van der Waals surface area contributed by atoms with Gasteiger partial charge in [0.25, 0.3) is 5.91 Å². The zero-order valence-electron chi connectivity index (χ0n) is 19.6. The van der Waals surface area contributed by atoms with Crippen molar-refractivity contribution >= 4 is 32.8 Å². The van der Waals surface area contributed by atoms with E-state index in [-0.39, 0.29) is 42.0 Å². The zero-order valence-corrected chi connectivity index (χ0v) is 20.5. The van der Waals surface area contributed by atoms with Gasteiger partial charge >= 0.3 is 0 Å². The van der Waals surface area contributed by atoms with Crippen LogP contribution in [0.25, 0.3) is 5.57 Å². The van der Waals surface area contributed by atoms with Crippen LogP contribution in [0.5, 0.6) is 5.88 Å². The Morgan fingerprint density at radius 1 is 1.29 bits per heavy atom. The molecule has 0 radical (unpaired) electrons. The van der Waals surface area contributed by atoms with Crippen molar-refractivity contribution in [3.05, 3.63) is 71.7 Å². The average molecular weight is 505 g/mol. The smallest absolute Gasteiger partial charge is 0.250 e. The topological polar surface area (TPSA) is 103 Å². The third kappa shape index (κ3) is 7.44. The molecule has 11 heteroatoms. The second-order valence-corrected chi connectivity index (χ2v) is 10.3. The minimum Gasteiger partial charge on any atom is -0.493 e. The maximum Gasteiger partial charge on any atom is 0.250 e. The number of rotatable bonds is 4. The normalized spacial score (nSPS) is 18.1.